The number of rotatable bonds is 5. The Bertz CT molecular complexity index is 498. The number of hydrogen-bond acceptors (Lipinski definition) is 2. The van der Waals surface area contributed by atoms with Crippen molar-refractivity contribution in [3.8, 4) is 0 Å². The van der Waals surface area contributed by atoms with Crippen molar-refractivity contribution in [2.24, 2.45) is 5.73 Å². The largest absolute Gasteiger partial charge is 0.370 e. The lowest BCUT2D eigenvalue weighted by atomic mass is 10.2. The van der Waals surface area contributed by atoms with Crippen molar-refractivity contribution in [1.82, 2.24) is 4.90 Å². The smallest absolute Gasteiger partial charge is 0.331 e. The van der Waals surface area contributed by atoms with E-state index in [0.29, 0.717) is 23.8 Å². The Kier molecular flexibility index (Phi) is 6.49. The molecule has 5 nitrogen and oxygen atoms in total. The molecule has 1 aromatic rings. The number of benzene rings is 1. The van der Waals surface area contributed by atoms with Crippen LogP contribution in [0.1, 0.15) is 32.3 Å². The van der Waals surface area contributed by atoms with Crippen LogP contribution in [-0.2, 0) is 0 Å². The Morgan fingerprint density at radius 3 is 2.52 bits per heavy atom. The minimum absolute atomic E-state index is 0.239. The lowest BCUT2D eigenvalue weighted by Gasteiger charge is -2.30. The Morgan fingerprint density at radius 1 is 1.38 bits per heavy atom. The third-order valence-electron chi connectivity index (χ3n) is 3.26. The fourth-order valence-corrected chi connectivity index (χ4v) is 2.46. The average molecular weight is 311 g/mol. The molecule has 1 aromatic carbocycles. The second kappa shape index (κ2) is 7.88. The summed E-state index contributed by atoms with van der Waals surface area (Å²) >= 11 is 6.24. The molecule has 0 fully saturated rings. The van der Waals surface area contributed by atoms with Gasteiger partial charge in [-0.25, -0.2) is 4.79 Å². The number of urea groups is 1. The van der Waals surface area contributed by atoms with Crippen LogP contribution in [0.5, 0.6) is 0 Å². The van der Waals surface area contributed by atoms with Crippen molar-refractivity contribution in [2.45, 2.75) is 33.6 Å². The lowest BCUT2D eigenvalue weighted by molar-refractivity contribution is 0.226. The van der Waals surface area contributed by atoms with Gasteiger partial charge in [0.2, 0.25) is 0 Å². The molecule has 0 aliphatic carbocycles. The normalized spacial score (nSPS) is 10.3. The summed E-state index contributed by atoms with van der Waals surface area (Å²) in [5.74, 6) is -0.239. The predicted octanol–water partition coefficient (Wildman–Crippen LogP) is 3.59. The highest BCUT2D eigenvalue weighted by Crippen LogP contribution is 2.30. The van der Waals surface area contributed by atoms with Crippen LogP contribution < -0.4 is 10.6 Å². The maximum Gasteiger partial charge on any atom is 0.331 e. The number of guanidine groups is 1. The molecule has 6 heteroatoms. The lowest BCUT2D eigenvalue weighted by Crippen LogP contribution is -2.49. The molecule has 0 saturated carbocycles. The summed E-state index contributed by atoms with van der Waals surface area (Å²) in [6, 6.07) is 5.19. The van der Waals surface area contributed by atoms with Gasteiger partial charge in [0.25, 0.3) is 0 Å². The average Bonchev–Trinajstić information content (AvgIpc) is 2.42. The summed E-state index contributed by atoms with van der Waals surface area (Å²) in [5.41, 5.74) is 7.14. The Morgan fingerprint density at radius 2 is 2.05 bits per heavy atom. The number of nitrogens with two attached hydrogens (primary N) is 1. The molecule has 0 bridgehead atoms. The molecule has 0 radical (unpaired) electrons. The number of para-hydroxylation sites is 1. The quantitative estimate of drug-likeness (QED) is 0.644. The van der Waals surface area contributed by atoms with Crippen LogP contribution in [0.25, 0.3) is 0 Å². The Balaban J connectivity index is 3.13. The number of hydrogen-bond donors (Lipinski definition) is 2. The van der Waals surface area contributed by atoms with E-state index >= 15 is 0 Å². The van der Waals surface area contributed by atoms with Crippen molar-refractivity contribution >= 4 is 29.3 Å². The predicted molar refractivity (Wildman–Crippen MR) is 88.1 cm³/mol. The summed E-state index contributed by atoms with van der Waals surface area (Å²) in [6.45, 7) is 6.70. The Labute approximate surface area is 131 Å². The summed E-state index contributed by atoms with van der Waals surface area (Å²) in [7, 11) is 0. The molecule has 0 unspecified atom stereocenters. The maximum absolute atomic E-state index is 12.7. The van der Waals surface area contributed by atoms with Crippen LogP contribution in [-0.4, -0.2) is 30.0 Å². The summed E-state index contributed by atoms with van der Waals surface area (Å²) < 4.78 is 0. The molecule has 0 aromatic heterocycles. The molecule has 0 atom stereocenters. The van der Waals surface area contributed by atoms with Crippen molar-refractivity contribution in [2.75, 3.05) is 18.0 Å². The number of halogens is 1. The van der Waals surface area contributed by atoms with Gasteiger partial charge >= 0.3 is 6.03 Å². The van der Waals surface area contributed by atoms with Crippen LogP contribution in [0.3, 0.4) is 0 Å². The molecule has 0 heterocycles. The molecular formula is C15H23ClN4O. The van der Waals surface area contributed by atoms with Gasteiger partial charge in [0.15, 0.2) is 5.96 Å². The fourth-order valence-electron chi connectivity index (χ4n) is 2.14. The van der Waals surface area contributed by atoms with Crippen LogP contribution in [0.4, 0.5) is 10.5 Å². The highest BCUT2D eigenvalue weighted by atomic mass is 35.5. The zero-order valence-electron chi connectivity index (χ0n) is 12.8. The molecule has 21 heavy (non-hydrogen) atoms. The van der Waals surface area contributed by atoms with Crippen LogP contribution >= 0.6 is 11.6 Å². The first-order valence-electron chi connectivity index (χ1n) is 7.12. The number of carbonyl (C=O) groups is 1. The molecular weight excluding hydrogens is 288 g/mol. The van der Waals surface area contributed by atoms with E-state index in [4.69, 9.17) is 22.7 Å². The molecule has 0 saturated heterocycles. The van der Waals surface area contributed by atoms with E-state index in [-0.39, 0.29) is 12.0 Å². The van der Waals surface area contributed by atoms with Gasteiger partial charge in [-0.3, -0.25) is 15.2 Å². The molecule has 1 rings (SSSR count). The zero-order chi connectivity index (χ0) is 16.0. The molecule has 3 N–H and O–H groups in total. The number of amides is 2. The van der Waals surface area contributed by atoms with Crippen LogP contribution in [0.15, 0.2) is 18.2 Å². The highest BCUT2D eigenvalue weighted by Gasteiger charge is 2.25. The highest BCUT2D eigenvalue weighted by molar-refractivity contribution is 6.34. The van der Waals surface area contributed by atoms with Gasteiger partial charge in [0.1, 0.15) is 0 Å². The van der Waals surface area contributed by atoms with E-state index in [1.165, 1.54) is 4.90 Å². The van der Waals surface area contributed by atoms with Gasteiger partial charge in [-0.1, -0.05) is 37.1 Å². The third kappa shape index (κ3) is 4.11. The van der Waals surface area contributed by atoms with Crippen molar-refractivity contribution in [1.29, 1.82) is 5.41 Å². The monoisotopic (exact) mass is 310 g/mol. The van der Waals surface area contributed by atoms with E-state index < -0.39 is 0 Å². The van der Waals surface area contributed by atoms with Gasteiger partial charge in [0.05, 0.1) is 10.7 Å². The van der Waals surface area contributed by atoms with Crippen LogP contribution in [0.2, 0.25) is 5.02 Å². The van der Waals surface area contributed by atoms with Crippen LogP contribution in [0, 0.1) is 12.3 Å². The molecule has 2 amide bonds. The first-order valence-corrected chi connectivity index (χ1v) is 7.49. The SMILES string of the molecule is CCCCN(C(=N)N)C(=O)N(CC)c1c(C)cccc1Cl. The van der Waals surface area contributed by atoms with Gasteiger partial charge in [-0.05, 0) is 31.9 Å². The van der Waals surface area contributed by atoms with Gasteiger partial charge in [-0.2, -0.15) is 0 Å². The summed E-state index contributed by atoms with van der Waals surface area (Å²) in [4.78, 5) is 15.6. The van der Waals surface area contributed by atoms with Crippen molar-refractivity contribution in [3.63, 3.8) is 0 Å². The number of anilines is 1. The number of nitrogens with zero attached hydrogens (tertiary/aromatic N) is 2. The standard InChI is InChI=1S/C15H23ClN4O/c1-4-6-10-20(14(17)18)15(21)19(5-2)13-11(3)8-7-9-12(13)16/h7-9H,4-6,10H2,1-3H3,(H3,17,18). The minimum atomic E-state index is -0.311. The van der Waals surface area contributed by atoms with E-state index in [1.807, 2.05) is 32.9 Å². The minimum Gasteiger partial charge on any atom is -0.370 e. The molecule has 0 aliphatic heterocycles. The molecule has 116 valence electrons. The first kappa shape index (κ1) is 17.3. The molecule has 0 aliphatic rings. The van der Waals surface area contributed by atoms with Crippen molar-refractivity contribution < 1.29 is 4.79 Å². The number of aryl methyl sites for hydroxylation is 1. The van der Waals surface area contributed by atoms with E-state index in [2.05, 4.69) is 0 Å². The van der Waals surface area contributed by atoms with Crippen molar-refractivity contribution in [3.05, 3.63) is 28.8 Å². The number of unbranched alkanes of at least 4 members (excludes halogenated alkanes) is 1. The first-order chi connectivity index (χ1) is 9.93. The second-order valence-corrected chi connectivity index (χ2v) is 5.23. The summed E-state index contributed by atoms with van der Waals surface area (Å²) in [6.07, 6.45) is 1.72. The Hall–Kier alpha value is -1.75. The third-order valence-corrected chi connectivity index (χ3v) is 3.57. The van der Waals surface area contributed by atoms with Gasteiger partial charge < -0.3 is 5.73 Å². The van der Waals surface area contributed by atoms with E-state index in [9.17, 15) is 4.79 Å². The number of carbonyl (C=O) groups excluding carboxylic acids is 1. The zero-order valence-corrected chi connectivity index (χ0v) is 13.6. The van der Waals surface area contributed by atoms with Gasteiger partial charge in [0, 0.05) is 13.1 Å². The molecule has 0 spiro atoms. The van der Waals surface area contributed by atoms with E-state index in [1.54, 1.807) is 11.0 Å². The van der Waals surface area contributed by atoms with Gasteiger partial charge in [-0.15, -0.1) is 0 Å². The fraction of sp³-hybridized carbons (Fsp3) is 0.467. The second-order valence-electron chi connectivity index (χ2n) is 4.82. The summed E-state index contributed by atoms with van der Waals surface area (Å²) in [5, 5.41) is 8.14. The maximum atomic E-state index is 12.7. The van der Waals surface area contributed by atoms with E-state index in [0.717, 1.165) is 18.4 Å². The topological polar surface area (TPSA) is 73.4 Å². The number of nitrogens with one attached hydrogen (secondary N) is 1.